The number of carboxylic acids is 1. The Morgan fingerprint density at radius 1 is 1.14 bits per heavy atom. The fraction of sp³-hybridized carbons (Fsp3) is 0.200. The van der Waals surface area contributed by atoms with Crippen LogP contribution < -0.4 is 10.6 Å². The van der Waals surface area contributed by atoms with Crippen molar-refractivity contribution in [2.24, 2.45) is 0 Å². The molecule has 0 unspecified atom stereocenters. The van der Waals surface area contributed by atoms with E-state index in [1.807, 2.05) is 6.92 Å². The maximum absolute atomic E-state index is 11.6. The zero-order valence-corrected chi connectivity index (χ0v) is 11.6. The molecule has 6 nitrogen and oxygen atoms in total. The molecule has 21 heavy (non-hydrogen) atoms. The topological polar surface area (TPSA) is 91.6 Å². The summed E-state index contributed by atoms with van der Waals surface area (Å²) < 4.78 is 5.13. The fourth-order valence-electron chi connectivity index (χ4n) is 1.78. The molecule has 0 fully saturated rings. The molecule has 0 radical (unpaired) electrons. The van der Waals surface area contributed by atoms with Gasteiger partial charge in [0.05, 0.1) is 6.54 Å². The van der Waals surface area contributed by atoms with Crippen LogP contribution in [0.2, 0.25) is 0 Å². The van der Waals surface area contributed by atoms with E-state index in [2.05, 4.69) is 10.6 Å². The van der Waals surface area contributed by atoms with Crippen molar-refractivity contribution in [3.63, 3.8) is 0 Å². The monoisotopic (exact) mass is 288 g/mol. The van der Waals surface area contributed by atoms with Crippen molar-refractivity contribution in [1.29, 1.82) is 0 Å². The van der Waals surface area contributed by atoms with Crippen LogP contribution in [0.25, 0.3) is 0 Å². The van der Waals surface area contributed by atoms with Gasteiger partial charge in [0.1, 0.15) is 5.76 Å². The highest BCUT2D eigenvalue weighted by Gasteiger charge is 2.08. The smallest absolute Gasteiger partial charge is 0.371 e. The van der Waals surface area contributed by atoms with Gasteiger partial charge in [-0.25, -0.2) is 4.79 Å². The molecule has 1 amide bonds. The predicted molar refractivity (Wildman–Crippen MR) is 77.4 cm³/mol. The summed E-state index contributed by atoms with van der Waals surface area (Å²) in [6.45, 7) is 2.82. The Labute approximate surface area is 121 Å². The molecule has 6 heteroatoms. The third-order valence-corrected chi connectivity index (χ3v) is 2.82. The van der Waals surface area contributed by atoms with Crippen LogP contribution in [0.3, 0.4) is 0 Å². The summed E-state index contributed by atoms with van der Waals surface area (Å²) in [5.41, 5.74) is 1.41. The van der Waals surface area contributed by atoms with Gasteiger partial charge in [-0.05, 0) is 43.3 Å². The molecule has 1 heterocycles. The van der Waals surface area contributed by atoms with Crippen LogP contribution in [0.5, 0.6) is 0 Å². The average molecular weight is 288 g/mol. The minimum Gasteiger partial charge on any atom is -0.475 e. The van der Waals surface area contributed by atoms with E-state index >= 15 is 0 Å². The number of rotatable bonds is 6. The Morgan fingerprint density at radius 3 is 2.43 bits per heavy atom. The number of carbonyl (C=O) groups is 2. The van der Waals surface area contributed by atoms with Gasteiger partial charge in [0.2, 0.25) is 5.76 Å². The maximum atomic E-state index is 11.6. The Balaban J connectivity index is 1.94. The van der Waals surface area contributed by atoms with Crippen molar-refractivity contribution in [3.05, 3.63) is 53.5 Å². The molecule has 2 rings (SSSR count). The van der Waals surface area contributed by atoms with Gasteiger partial charge >= 0.3 is 5.97 Å². The Bertz CT molecular complexity index is 631. The first-order chi connectivity index (χ1) is 10.1. The van der Waals surface area contributed by atoms with Crippen LogP contribution in [-0.2, 0) is 6.54 Å². The van der Waals surface area contributed by atoms with Gasteiger partial charge in [0.15, 0.2) is 0 Å². The zero-order chi connectivity index (χ0) is 15.2. The fourth-order valence-corrected chi connectivity index (χ4v) is 1.78. The third-order valence-electron chi connectivity index (χ3n) is 2.82. The first-order valence-electron chi connectivity index (χ1n) is 6.54. The molecule has 0 spiro atoms. The summed E-state index contributed by atoms with van der Waals surface area (Å²) in [6, 6.07) is 10.0. The van der Waals surface area contributed by atoms with Crippen molar-refractivity contribution >= 4 is 17.6 Å². The number of carbonyl (C=O) groups excluding carboxylic acids is 1. The SMILES string of the molecule is CCNC(=O)c1ccc(NCc2ccc(C(=O)O)o2)cc1. The average Bonchev–Trinajstić information content (AvgIpc) is 2.95. The molecular weight excluding hydrogens is 272 g/mol. The second-order valence-corrected chi connectivity index (χ2v) is 4.36. The molecule has 0 aliphatic heterocycles. The van der Waals surface area contributed by atoms with Gasteiger partial charge in [-0.1, -0.05) is 0 Å². The molecule has 2 aromatic rings. The molecule has 0 aliphatic rings. The standard InChI is InChI=1S/C15H16N2O4/c1-2-16-14(18)10-3-5-11(6-4-10)17-9-12-7-8-13(21-12)15(19)20/h3-8,17H,2,9H2,1H3,(H,16,18)(H,19,20). The summed E-state index contributed by atoms with van der Waals surface area (Å²) in [6.07, 6.45) is 0. The van der Waals surface area contributed by atoms with Gasteiger partial charge in [0, 0.05) is 17.8 Å². The molecule has 0 saturated carbocycles. The molecule has 0 saturated heterocycles. The number of carboxylic acid groups (broad SMARTS) is 1. The van der Waals surface area contributed by atoms with E-state index in [0.29, 0.717) is 24.4 Å². The Morgan fingerprint density at radius 2 is 1.86 bits per heavy atom. The molecule has 1 aromatic heterocycles. The number of aromatic carboxylic acids is 1. The van der Waals surface area contributed by atoms with E-state index in [1.165, 1.54) is 6.07 Å². The molecule has 1 aromatic carbocycles. The highest BCUT2D eigenvalue weighted by atomic mass is 16.4. The van der Waals surface area contributed by atoms with Crippen LogP contribution in [0.1, 0.15) is 33.6 Å². The number of hydrogen-bond donors (Lipinski definition) is 3. The molecule has 3 N–H and O–H groups in total. The lowest BCUT2D eigenvalue weighted by Gasteiger charge is -2.06. The second-order valence-electron chi connectivity index (χ2n) is 4.36. The zero-order valence-electron chi connectivity index (χ0n) is 11.6. The minimum absolute atomic E-state index is 0.0848. The van der Waals surface area contributed by atoms with E-state index in [-0.39, 0.29) is 11.7 Å². The second kappa shape index (κ2) is 6.60. The quantitative estimate of drug-likeness (QED) is 0.759. The van der Waals surface area contributed by atoms with Crippen LogP contribution in [0.15, 0.2) is 40.8 Å². The predicted octanol–water partition coefficient (Wildman–Crippen LogP) is 2.34. The molecule has 0 aliphatic carbocycles. The normalized spacial score (nSPS) is 10.1. The van der Waals surface area contributed by atoms with Crippen molar-refractivity contribution < 1.29 is 19.1 Å². The Kier molecular flexibility index (Phi) is 4.61. The van der Waals surface area contributed by atoms with Gasteiger partial charge in [-0.2, -0.15) is 0 Å². The van der Waals surface area contributed by atoms with E-state index in [9.17, 15) is 9.59 Å². The van der Waals surface area contributed by atoms with Gasteiger partial charge in [0.25, 0.3) is 5.91 Å². The van der Waals surface area contributed by atoms with E-state index in [4.69, 9.17) is 9.52 Å². The van der Waals surface area contributed by atoms with E-state index < -0.39 is 5.97 Å². The minimum atomic E-state index is -1.09. The van der Waals surface area contributed by atoms with Crippen molar-refractivity contribution in [2.45, 2.75) is 13.5 Å². The van der Waals surface area contributed by atoms with Gasteiger partial charge < -0.3 is 20.2 Å². The van der Waals surface area contributed by atoms with Crippen LogP contribution in [0.4, 0.5) is 5.69 Å². The van der Waals surface area contributed by atoms with Crippen LogP contribution in [0, 0.1) is 0 Å². The van der Waals surface area contributed by atoms with E-state index in [1.54, 1.807) is 30.3 Å². The molecular formula is C15H16N2O4. The highest BCUT2D eigenvalue weighted by molar-refractivity contribution is 5.94. The van der Waals surface area contributed by atoms with Crippen molar-refractivity contribution in [1.82, 2.24) is 5.32 Å². The number of anilines is 1. The lowest BCUT2D eigenvalue weighted by molar-refractivity contribution is 0.0660. The summed E-state index contributed by atoms with van der Waals surface area (Å²) in [5.74, 6) is -0.757. The number of amides is 1. The van der Waals surface area contributed by atoms with Crippen molar-refractivity contribution in [2.75, 3.05) is 11.9 Å². The first-order valence-corrected chi connectivity index (χ1v) is 6.54. The molecule has 110 valence electrons. The van der Waals surface area contributed by atoms with Gasteiger partial charge in [-0.3, -0.25) is 4.79 Å². The summed E-state index contributed by atoms with van der Waals surface area (Å²) >= 11 is 0. The summed E-state index contributed by atoms with van der Waals surface area (Å²) in [4.78, 5) is 22.3. The van der Waals surface area contributed by atoms with E-state index in [0.717, 1.165) is 5.69 Å². The number of nitrogens with one attached hydrogen (secondary N) is 2. The van der Waals surface area contributed by atoms with Gasteiger partial charge in [-0.15, -0.1) is 0 Å². The largest absolute Gasteiger partial charge is 0.475 e. The van der Waals surface area contributed by atoms with Crippen LogP contribution in [-0.4, -0.2) is 23.5 Å². The van der Waals surface area contributed by atoms with Crippen molar-refractivity contribution in [3.8, 4) is 0 Å². The summed E-state index contributed by atoms with van der Waals surface area (Å²) in [7, 11) is 0. The first kappa shape index (κ1) is 14.6. The number of benzene rings is 1. The number of furan rings is 1. The lowest BCUT2D eigenvalue weighted by atomic mass is 10.2. The lowest BCUT2D eigenvalue weighted by Crippen LogP contribution is -2.22. The third kappa shape index (κ3) is 3.85. The number of hydrogen-bond acceptors (Lipinski definition) is 4. The maximum Gasteiger partial charge on any atom is 0.371 e. The summed E-state index contributed by atoms with van der Waals surface area (Å²) in [5, 5.41) is 14.6. The molecule has 0 bridgehead atoms. The highest BCUT2D eigenvalue weighted by Crippen LogP contribution is 2.13. The molecule has 0 atom stereocenters. The van der Waals surface area contributed by atoms with Crippen LogP contribution >= 0.6 is 0 Å². The Hall–Kier alpha value is -2.76.